The first-order chi connectivity index (χ1) is 8.74. The number of methoxy groups -OCH3 is 2. The van der Waals surface area contributed by atoms with Crippen LogP contribution >= 0.6 is 15.9 Å². The highest BCUT2D eigenvalue weighted by Gasteiger charge is 2.06. The Bertz CT molecular complexity index is 546. The molecule has 2 aromatic rings. The predicted octanol–water partition coefficient (Wildman–Crippen LogP) is 3.60. The standard InChI is InChI=1S/C13H13BrN2O2/c1-17-9-3-4-12(13(7-9)18-2)16-11-5-6-15-8-10(11)14/h3-8H,1-2H3,(H,15,16). The van der Waals surface area contributed by atoms with E-state index >= 15 is 0 Å². The van der Waals surface area contributed by atoms with Crippen molar-refractivity contribution in [3.05, 3.63) is 41.1 Å². The zero-order valence-electron chi connectivity index (χ0n) is 10.1. The van der Waals surface area contributed by atoms with Gasteiger partial charge in [-0.25, -0.2) is 0 Å². The van der Waals surface area contributed by atoms with Gasteiger partial charge >= 0.3 is 0 Å². The highest BCUT2D eigenvalue weighted by molar-refractivity contribution is 9.10. The van der Waals surface area contributed by atoms with Crippen LogP contribution in [0.5, 0.6) is 11.5 Å². The normalized spacial score (nSPS) is 9.94. The molecular weight excluding hydrogens is 296 g/mol. The number of ether oxygens (including phenoxy) is 2. The summed E-state index contributed by atoms with van der Waals surface area (Å²) in [6, 6.07) is 7.50. The lowest BCUT2D eigenvalue weighted by atomic mass is 10.2. The minimum absolute atomic E-state index is 0.720. The van der Waals surface area contributed by atoms with Gasteiger partial charge in [0, 0.05) is 18.5 Å². The molecule has 1 N–H and O–H groups in total. The van der Waals surface area contributed by atoms with Gasteiger partial charge in [0.1, 0.15) is 11.5 Å². The molecule has 0 aliphatic carbocycles. The predicted molar refractivity (Wildman–Crippen MR) is 74.8 cm³/mol. The van der Waals surface area contributed by atoms with Gasteiger partial charge in [0.15, 0.2) is 0 Å². The lowest BCUT2D eigenvalue weighted by molar-refractivity contribution is 0.395. The Balaban J connectivity index is 2.32. The van der Waals surface area contributed by atoms with E-state index in [0.717, 1.165) is 27.3 Å². The monoisotopic (exact) mass is 308 g/mol. The summed E-state index contributed by atoms with van der Waals surface area (Å²) in [4.78, 5) is 4.02. The molecule has 1 aromatic heterocycles. The third-order valence-corrected chi connectivity index (χ3v) is 3.08. The van der Waals surface area contributed by atoms with Gasteiger partial charge in [-0.2, -0.15) is 0 Å². The second kappa shape index (κ2) is 5.73. The van der Waals surface area contributed by atoms with Crippen molar-refractivity contribution in [3.8, 4) is 11.5 Å². The minimum Gasteiger partial charge on any atom is -0.497 e. The summed E-state index contributed by atoms with van der Waals surface area (Å²) in [5.74, 6) is 1.48. The third-order valence-electron chi connectivity index (χ3n) is 2.45. The Morgan fingerprint density at radius 3 is 2.61 bits per heavy atom. The van der Waals surface area contributed by atoms with Gasteiger partial charge in [-0.3, -0.25) is 4.98 Å². The van der Waals surface area contributed by atoms with Crippen molar-refractivity contribution >= 4 is 27.3 Å². The van der Waals surface area contributed by atoms with Gasteiger partial charge in [-0.15, -0.1) is 0 Å². The number of nitrogens with one attached hydrogen (secondary N) is 1. The average molecular weight is 309 g/mol. The lowest BCUT2D eigenvalue weighted by Gasteiger charge is -2.13. The molecule has 4 nitrogen and oxygen atoms in total. The molecule has 0 radical (unpaired) electrons. The van der Waals surface area contributed by atoms with Gasteiger partial charge < -0.3 is 14.8 Å². The maximum atomic E-state index is 5.33. The van der Waals surface area contributed by atoms with E-state index in [2.05, 4.69) is 26.2 Å². The van der Waals surface area contributed by atoms with Crippen LogP contribution in [0, 0.1) is 0 Å². The van der Waals surface area contributed by atoms with Gasteiger partial charge in [-0.1, -0.05) is 0 Å². The van der Waals surface area contributed by atoms with Crippen LogP contribution in [0.2, 0.25) is 0 Å². The van der Waals surface area contributed by atoms with Crippen molar-refractivity contribution < 1.29 is 9.47 Å². The Morgan fingerprint density at radius 1 is 1.11 bits per heavy atom. The van der Waals surface area contributed by atoms with Gasteiger partial charge in [0.25, 0.3) is 0 Å². The maximum Gasteiger partial charge on any atom is 0.145 e. The SMILES string of the molecule is COc1ccc(Nc2ccncc2Br)c(OC)c1. The van der Waals surface area contributed by atoms with Crippen LogP contribution in [0.1, 0.15) is 0 Å². The maximum absolute atomic E-state index is 5.33. The zero-order chi connectivity index (χ0) is 13.0. The van der Waals surface area contributed by atoms with E-state index in [4.69, 9.17) is 9.47 Å². The molecule has 0 fully saturated rings. The molecule has 18 heavy (non-hydrogen) atoms. The first kappa shape index (κ1) is 12.7. The fourth-order valence-corrected chi connectivity index (χ4v) is 1.87. The van der Waals surface area contributed by atoms with Gasteiger partial charge in [0.2, 0.25) is 0 Å². The molecule has 0 unspecified atom stereocenters. The second-order valence-corrected chi connectivity index (χ2v) is 4.40. The fraction of sp³-hybridized carbons (Fsp3) is 0.154. The number of pyridine rings is 1. The smallest absolute Gasteiger partial charge is 0.145 e. The van der Waals surface area contributed by atoms with Crippen LogP contribution in [0.4, 0.5) is 11.4 Å². The summed E-state index contributed by atoms with van der Waals surface area (Å²) < 4.78 is 11.4. The van der Waals surface area contributed by atoms with Crippen molar-refractivity contribution in [1.82, 2.24) is 4.98 Å². The molecule has 0 aliphatic heterocycles. The van der Waals surface area contributed by atoms with Crippen LogP contribution in [0.3, 0.4) is 0 Å². The molecule has 0 aliphatic rings. The average Bonchev–Trinajstić information content (AvgIpc) is 2.41. The Kier molecular flexibility index (Phi) is 4.04. The van der Waals surface area contributed by atoms with Gasteiger partial charge in [0.05, 0.1) is 30.1 Å². The molecule has 1 heterocycles. The van der Waals surface area contributed by atoms with Crippen LogP contribution in [0.25, 0.3) is 0 Å². The summed E-state index contributed by atoms with van der Waals surface area (Å²) in [6.45, 7) is 0. The van der Waals surface area contributed by atoms with Crippen molar-refractivity contribution in [2.75, 3.05) is 19.5 Å². The quantitative estimate of drug-likeness (QED) is 0.937. The van der Waals surface area contributed by atoms with E-state index < -0.39 is 0 Å². The van der Waals surface area contributed by atoms with Crippen LogP contribution in [-0.4, -0.2) is 19.2 Å². The van der Waals surface area contributed by atoms with E-state index in [1.54, 1.807) is 26.6 Å². The van der Waals surface area contributed by atoms with Crippen LogP contribution in [-0.2, 0) is 0 Å². The number of halogens is 1. The fourth-order valence-electron chi connectivity index (χ4n) is 1.52. The van der Waals surface area contributed by atoms with E-state index in [1.807, 2.05) is 24.3 Å². The molecule has 0 spiro atoms. The van der Waals surface area contributed by atoms with E-state index in [-0.39, 0.29) is 0 Å². The number of hydrogen-bond acceptors (Lipinski definition) is 4. The number of anilines is 2. The van der Waals surface area contributed by atoms with Crippen LogP contribution in [0.15, 0.2) is 41.1 Å². The Morgan fingerprint density at radius 2 is 1.94 bits per heavy atom. The zero-order valence-corrected chi connectivity index (χ0v) is 11.7. The molecule has 5 heteroatoms. The Hall–Kier alpha value is -1.75. The molecule has 1 aromatic carbocycles. The number of hydrogen-bond donors (Lipinski definition) is 1. The largest absolute Gasteiger partial charge is 0.497 e. The molecule has 0 bridgehead atoms. The first-order valence-electron chi connectivity index (χ1n) is 5.33. The number of benzene rings is 1. The highest BCUT2D eigenvalue weighted by atomic mass is 79.9. The highest BCUT2D eigenvalue weighted by Crippen LogP contribution is 2.33. The molecule has 2 rings (SSSR count). The summed E-state index contributed by atoms with van der Waals surface area (Å²) in [5.41, 5.74) is 1.79. The molecule has 0 saturated carbocycles. The topological polar surface area (TPSA) is 43.4 Å². The molecule has 0 amide bonds. The summed E-state index contributed by atoms with van der Waals surface area (Å²) in [7, 11) is 3.25. The number of rotatable bonds is 4. The Labute approximate surface area is 114 Å². The van der Waals surface area contributed by atoms with E-state index in [9.17, 15) is 0 Å². The number of nitrogens with zero attached hydrogens (tertiary/aromatic N) is 1. The lowest BCUT2D eigenvalue weighted by Crippen LogP contribution is -1.96. The molecule has 94 valence electrons. The minimum atomic E-state index is 0.720. The summed E-state index contributed by atoms with van der Waals surface area (Å²) >= 11 is 3.44. The van der Waals surface area contributed by atoms with E-state index in [1.165, 1.54) is 0 Å². The molecular formula is C13H13BrN2O2. The third kappa shape index (κ3) is 2.73. The van der Waals surface area contributed by atoms with Crippen molar-refractivity contribution in [3.63, 3.8) is 0 Å². The van der Waals surface area contributed by atoms with E-state index in [0.29, 0.717) is 0 Å². The summed E-state index contributed by atoms with van der Waals surface area (Å²) in [6.07, 6.45) is 3.46. The first-order valence-corrected chi connectivity index (χ1v) is 6.12. The van der Waals surface area contributed by atoms with Crippen molar-refractivity contribution in [1.29, 1.82) is 0 Å². The van der Waals surface area contributed by atoms with Crippen molar-refractivity contribution in [2.45, 2.75) is 0 Å². The van der Waals surface area contributed by atoms with Gasteiger partial charge in [-0.05, 0) is 34.1 Å². The molecule has 0 atom stereocenters. The number of aromatic nitrogens is 1. The molecule has 0 saturated heterocycles. The summed E-state index contributed by atoms with van der Waals surface area (Å²) in [5, 5.41) is 3.28. The second-order valence-electron chi connectivity index (χ2n) is 3.55. The van der Waals surface area contributed by atoms with Crippen LogP contribution < -0.4 is 14.8 Å². The van der Waals surface area contributed by atoms with Crippen molar-refractivity contribution in [2.24, 2.45) is 0 Å².